The number of nitrogens with zero attached hydrogens (tertiary/aromatic N) is 3. The molecule has 0 atom stereocenters. The fraction of sp³-hybridized carbons (Fsp3) is 0.630. The van der Waals surface area contributed by atoms with Crippen LogP contribution in [0.25, 0.3) is 0 Å². The second kappa shape index (κ2) is 12.8. The number of likely N-dealkylation sites (N-methyl/N-ethyl adjacent to an activating group) is 1. The van der Waals surface area contributed by atoms with Crippen LogP contribution in [0.5, 0.6) is 5.75 Å². The van der Waals surface area contributed by atoms with Gasteiger partial charge in [0.15, 0.2) is 13.9 Å². The molecule has 1 heterocycles. The summed E-state index contributed by atoms with van der Waals surface area (Å²) in [6.45, 7) is 19.6. The number of ether oxygens (including phenoxy) is 1. The zero-order chi connectivity index (χ0) is 28.0. The molecular formula is C27H45N3O6Si. The van der Waals surface area contributed by atoms with E-state index in [1.165, 1.54) is 0 Å². The normalized spacial score (nSPS) is 14.9. The summed E-state index contributed by atoms with van der Waals surface area (Å²) in [6, 6.07) is 5.79. The fourth-order valence-corrected chi connectivity index (χ4v) is 5.16. The first-order valence-electron chi connectivity index (χ1n) is 13.0. The molecule has 2 rings (SSSR count). The minimum absolute atomic E-state index is 0.106. The van der Waals surface area contributed by atoms with Crippen molar-refractivity contribution in [3.8, 4) is 5.75 Å². The molecule has 0 saturated carbocycles. The Kier molecular flexibility index (Phi) is 10.6. The molecule has 2 N–H and O–H groups in total. The topological polar surface area (TPSA) is 103 Å². The number of benzene rings is 1. The van der Waals surface area contributed by atoms with Crippen molar-refractivity contribution in [2.75, 3.05) is 62.8 Å². The van der Waals surface area contributed by atoms with E-state index in [1.54, 1.807) is 11.8 Å². The molecule has 1 aliphatic heterocycles. The first-order chi connectivity index (χ1) is 17.2. The van der Waals surface area contributed by atoms with E-state index in [-0.39, 0.29) is 17.2 Å². The van der Waals surface area contributed by atoms with Gasteiger partial charge >= 0.3 is 11.9 Å². The predicted molar refractivity (Wildman–Crippen MR) is 150 cm³/mol. The largest absolute Gasteiger partial charge is 0.489 e. The van der Waals surface area contributed by atoms with Crippen LogP contribution in [0.2, 0.25) is 18.1 Å². The van der Waals surface area contributed by atoms with E-state index in [0.29, 0.717) is 31.2 Å². The molecule has 1 fully saturated rings. The lowest BCUT2D eigenvalue weighted by molar-refractivity contribution is -0.140. The van der Waals surface area contributed by atoms with Crippen molar-refractivity contribution in [3.63, 3.8) is 0 Å². The molecule has 0 aromatic heterocycles. The van der Waals surface area contributed by atoms with Crippen molar-refractivity contribution < 1.29 is 29.0 Å². The molecule has 1 saturated heterocycles. The molecule has 10 heteroatoms. The number of carboxylic acids is 2. The number of hydrogen-bond donors (Lipinski definition) is 2. The number of aliphatic carboxylic acids is 2. The van der Waals surface area contributed by atoms with E-state index in [9.17, 15) is 19.8 Å². The third-order valence-electron chi connectivity index (χ3n) is 7.40. The Balaban J connectivity index is 2.42. The Morgan fingerprint density at radius 1 is 1.03 bits per heavy atom. The molecule has 37 heavy (non-hydrogen) atoms. The van der Waals surface area contributed by atoms with Crippen LogP contribution in [0.4, 0.5) is 11.4 Å². The zero-order valence-corrected chi connectivity index (χ0v) is 24.8. The molecule has 208 valence electrons. The monoisotopic (exact) mass is 535 g/mol. The Hall–Kier alpha value is -2.56. The summed E-state index contributed by atoms with van der Waals surface area (Å²) in [5.74, 6) is -2.21. The number of rotatable bonds is 12. The van der Waals surface area contributed by atoms with E-state index in [4.69, 9.17) is 9.16 Å². The molecule has 1 aromatic rings. The highest BCUT2D eigenvalue weighted by atomic mass is 28.4. The standard InChI is InChI=1S/C27H45N3O6Si/c1-9-21(24(25(31)32)26(33)34)30(10-2)20-11-12-22(29-15-13-28(6)14-16-29)23(19-20)35-17-18-36-37(7,8)27(3,4)5/h11-12,19H,9-10,13-18H2,1-8H3,(H,31,32)(H,33,34). The number of piperazine rings is 1. The molecule has 0 amide bonds. The van der Waals surface area contributed by atoms with Crippen molar-refractivity contribution >= 4 is 31.6 Å². The van der Waals surface area contributed by atoms with Gasteiger partial charge in [0.2, 0.25) is 0 Å². The average molecular weight is 536 g/mol. The lowest BCUT2D eigenvalue weighted by atomic mass is 10.1. The van der Waals surface area contributed by atoms with Gasteiger partial charge in [0.1, 0.15) is 12.4 Å². The van der Waals surface area contributed by atoms with Gasteiger partial charge in [0.25, 0.3) is 0 Å². The zero-order valence-electron chi connectivity index (χ0n) is 23.8. The van der Waals surface area contributed by atoms with Gasteiger partial charge in [0.05, 0.1) is 12.3 Å². The highest BCUT2D eigenvalue weighted by Crippen LogP contribution is 2.37. The quantitative estimate of drug-likeness (QED) is 0.132. The van der Waals surface area contributed by atoms with E-state index in [0.717, 1.165) is 31.9 Å². The summed E-state index contributed by atoms with van der Waals surface area (Å²) in [4.78, 5) is 29.8. The predicted octanol–water partition coefficient (Wildman–Crippen LogP) is 4.50. The van der Waals surface area contributed by atoms with Gasteiger partial charge < -0.3 is 34.1 Å². The Morgan fingerprint density at radius 2 is 1.62 bits per heavy atom. The van der Waals surface area contributed by atoms with Crippen LogP contribution in [-0.4, -0.2) is 88.4 Å². The van der Waals surface area contributed by atoms with Gasteiger partial charge in [-0.3, -0.25) is 0 Å². The van der Waals surface area contributed by atoms with Gasteiger partial charge in [-0.25, -0.2) is 9.59 Å². The maximum Gasteiger partial charge on any atom is 0.344 e. The van der Waals surface area contributed by atoms with Gasteiger partial charge in [-0.05, 0) is 50.7 Å². The van der Waals surface area contributed by atoms with Gasteiger partial charge in [-0.2, -0.15) is 0 Å². The van der Waals surface area contributed by atoms with Gasteiger partial charge in [0, 0.05) is 50.2 Å². The fourth-order valence-electron chi connectivity index (χ4n) is 4.13. The third kappa shape index (κ3) is 7.72. The third-order valence-corrected chi connectivity index (χ3v) is 11.9. The highest BCUT2D eigenvalue weighted by molar-refractivity contribution is 6.74. The maximum atomic E-state index is 11.8. The van der Waals surface area contributed by atoms with Crippen molar-refractivity contribution in [1.82, 2.24) is 4.90 Å². The van der Waals surface area contributed by atoms with E-state index in [2.05, 4.69) is 50.7 Å². The lowest BCUT2D eigenvalue weighted by Crippen LogP contribution is -2.44. The van der Waals surface area contributed by atoms with E-state index >= 15 is 0 Å². The van der Waals surface area contributed by atoms with Crippen LogP contribution in [0.1, 0.15) is 41.0 Å². The molecule has 0 aliphatic carbocycles. The summed E-state index contributed by atoms with van der Waals surface area (Å²) in [6.07, 6.45) is 0.262. The molecule has 0 bridgehead atoms. The molecule has 0 radical (unpaired) electrons. The molecule has 1 aromatic carbocycles. The summed E-state index contributed by atoms with van der Waals surface area (Å²) in [5.41, 5.74) is 1.30. The average Bonchev–Trinajstić information content (AvgIpc) is 2.81. The van der Waals surface area contributed by atoms with Crippen molar-refractivity contribution in [2.24, 2.45) is 0 Å². The Morgan fingerprint density at radius 3 is 2.11 bits per heavy atom. The lowest BCUT2D eigenvalue weighted by Gasteiger charge is -2.36. The minimum atomic E-state index is -1.91. The summed E-state index contributed by atoms with van der Waals surface area (Å²) in [7, 11) is 0.201. The van der Waals surface area contributed by atoms with E-state index < -0.39 is 25.8 Å². The van der Waals surface area contributed by atoms with Crippen LogP contribution < -0.4 is 14.5 Å². The summed E-state index contributed by atoms with van der Waals surface area (Å²) >= 11 is 0. The van der Waals surface area contributed by atoms with Crippen LogP contribution in [0.3, 0.4) is 0 Å². The smallest absolute Gasteiger partial charge is 0.344 e. The molecule has 0 unspecified atom stereocenters. The van der Waals surface area contributed by atoms with Crippen LogP contribution in [0, 0.1) is 0 Å². The van der Waals surface area contributed by atoms with Crippen LogP contribution in [0.15, 0.2) is 29.5 Å². The van der Waals surface area contributed by atoms with Gasteiger partial charge in [-0.1, -0.05) is 27.7 Å². The van der Waals surface area contributed by atoms with Gasteiger partial charge in [-0.15, -0.1) is 0 Å². The molecule has 1 aliphatic rings. The van der Waals surface area contributed by atoms with Crippen LogP contribution in [-0.2, 0) is 14.0 Å². The summed E-state index contributed by atoms with van der Waals surface area (Å²) in [5, 5.41) is 19.3. The van der Waals surface area contributed by atoms with Crippen molar-refractivity contribution in [1.29, 1.82) is 0 Å². The van der Waals surface area contributed by atoms with Crippen LogP contribution >= 0.6 is 0 Å². The van der Waals surface area contributed by atoms with E-state index in [1.807, 2.05) is 25.1 Å². The number of anilines is 2. The second-order valence-electron chi connectivity index (χ2n) is 10.9. The van der Waals surface area contributed by atoms with Crippen molar-refractivity contribution in [2.45, 2.75) is 59.2 Å². The van der Waals surface area contributed by atoms with Crippen molar-refractivity contribution in [3.05, 3.63) is 29.5 Å². The second-order valence-corrected chi connectivity index (χ2v) is 15.7. The number of carbonyl (C=O) groups is 2. The SMILES string of the molecule is CCC(=C(C(=O)O)C(=O)O)N(CC)c1ccc(N2CCN(C)CC2)c(OCCO[Si](C)(C)C(C)(C)C)c1. The maximum absolute atomic E-state index is 11.8. The first kappa shape index (κ1) is 30.7. The Labute approximate surface area is 222 Å². The highest BCUT2D eigenvalue weighted by Gasteiger charge is 2.37. The molecular weight excluding hydrogens is 490 g/mol. The summed E-state index contributed by atoms with van der Waals surface area (Å²) < 4.78 is 12.6. The number of allylic oxidation sites excluding steroid dienone is 1. The minimum Gasteiger partial charge on any atom is -0.489 e. The molecule has 9 nitrogen and oxygen atoms in total. The Bertz CT molecular complexity index is 965. The number of carboxylic acid groups (broad SMARTS) is 2. The molecule has 0 spiro atoms. The first-order valence-corrected chi connectivity index (χ1v) is 16.0. The number of hydrogen-bond acceptors (Lipinski definition) is 7.